The molecule has 0 aliphatic carbocycles. The molecule has 2 aromatic carbocycles. The van der Waals surface area contributed by atoms with Crippen molar-refractivity contribution >= 4 is 39.7 Å². The average Bonchev–Trinajstić information content (AvgIpc) is 3.90. The molecular weight excluding hydrogens is 777 g/mol. The molecule has 3 amide bonds. The van der Waals surface area contributed by atoms with Gasteiger partial charge in [-0.15, -0.1) is 0 Å². The molecule has 4 aliphatic rings. The topological polar surface area (TPSA) is 89.7 Å². The summed E-state index contributed by atoms with van der Waals surface area (Å²) in [5, 5.41) is 2.28. The van der Waals surface area contributed by atoms with Crippen LogP contribution in [0.25, 0.3) is 21.8 Å². The summed E-state index contributed by atoms with van der Waals surface area (Å²) in [7, 11) is 0. The van der Waals surface area contributed by atoms with E-state index >= 15 is 0 Å². The minimum atomic E-state index is -0.471. The Morgan fingerprint density at radius 1 is 0.581 bits per heavy atom. The molecule has 8 rings (SSSR count). The molecule has 0 saturated carbocycles. The van der Waals surface area contributed by atoms with Gasteiger partial charge in [-0.3, -0.25) is 19.4 Å². The minimum Gasteiger partial charge on any atom is -0.444 e. The quantitative estimate of drug-likeness (QED) is 0.177. The van der Waals surface area contributed by atoms with Crippen LogP contribution in [-0.2, 0) is 4.74 Å². The second kappa shape index (κ2) is 20.0. The van der Waals surface area contributed by atoms with Crippen LogP contribution in [0.2, 0.25) is 0 Å². The standard InChI is InChI=1S/C26H38N4O3.C24H36N4O/c1-19(2)27-14-16-28(17-15-27)24(31)21-6-7-23-20(18-21)8-13-30(23)22-9-11-29(12-10-22)25(32)33-26(3,4)5;1-4-10-25-11-8-22(9-12-25)28-13-7-20-18-21(5-6-23(20)28)24(29)27-16-14-26(15-17-27)19(2)3/h6-8,13,18-19,22H,9-12,14-17H2,1-5H3;5-7,13,18-19,22H,4,8-12,14-17H2,1-3H3. The highest BCUT2D eigenvalue weighted by Gasteiger charge is 2.29. The minimum absolute atomic E-state index is 0.124. The molecule has 4 saturated heterocycles. The highest BCUT2D eigenvalue weighted by Crippen LogP contribution is 2.31. The number of hydrogen-bond acceptors (Lipinski definition) is 7. The molecule has 6 heterocycles. The fourth-order valence-electron chi connectivity index (χ4n) is 9.87. The Labute approximate surface area is 370 Å². The Balaban J connectivity index is 0.000000188. The van der Waals surface area contributed by atoms with Crippen molar-refractivity contribution in [3.05, 3.63) is 72.1 Å². The Morgan fingerprint density at radius 3 is 1.39 bits per heavy atom. The summed E-state index contributed by atoms with van der Waals surface area (Å²) in [5.74, 6) is 0.301. The predicted molar refractivity (Wildman–Crippen MR) is 250 cm³/mol. The normalized spacial score (nSPS) is 19.4. The molecule has 0 spiro atoms. The van der Waals surface area contributed by atoms with Crippen molar-refractivity contribution in [1.82, 2.24) is 38.5 Å². The van der Waals surface area contributed by atoms with Crippen molar-refractivity contribution in [2.24, 2.45) is 0 Å². The lowest BCUT2D eigenvalue weighted by Gasteiger charge is -2.37. The monoisotopic (exact) mass is 851 g/mol. The molecule has 4 aromatic rings. The number of carbonyl (C=O) groups excluding carboxylic acids is 3. The van der Waals surface area contributed by atoms with E-state index < -0.39 is 5.60 Å². The van der Waals surface area contributed by atoms with Crippen molar-refractivity contribution in [2.75, 3.05) is 85.1 Å². The fraction of sp³-hybridized carbons (Fsp3) is 0.620. The highest BCUT2D eigenvalue weighted by atomic mass is 16.6. The second-order valence-electron chi connectivity index (χ2n) is 19.6. The van der Waals surface area contributed by atoms with E-state index in [4.69, 9.17) is 4.74 Å². The number of amides is 3. The molecule has 62 heavy (non-hydrogen) atoms. The zero-order valence-electron chi connectivity index (χ0n) is 39.0. The van der Waals surface area contributed by atoms with Crippen molar-refractivity contribution in [3.8, 4) is 0 Å². The molecule has 4 aliphatic heterocycles. The number of likely N-dealkylation sites (tertiary alicyclic amines) is 2. The van der Waals surface area contributed by atoms with Gasteiger partial charge in [-0.2, -0.15) is 0 Å². The molecule has 0 unspecified atom stereocenters. The van der Waals surface area contributed by atoms with E-state index in [0.717, 1.165) is 87.2 Å². The summed E-state index contributed by atoms with van der Waals surface area (Å²) in [4.78, 5) is 51.7. The van der Waals surface area contributed by atoms with Gasteiger partial charge in [0.2, 0.25) is 0 Å². The SMILES string of the molecule is CC(C)N1CCN(C(=O)c2ccc3c(ccn3C3CCN(C(=O)OC(C)(C)C)CC3)c2)CC1.CCCN1CCC(n2ccc3cc(C(=O)N4CCN(C(C)C)CC4)ccc32)CC1. The van der Waals surface area contributed by atoms with E-state index in [1.165, 1.54) is 49.8 Å². The number of fused-ring (bicyclic) bond motifs is 2. The van der Waals surface area contributed by atoms with Crippen LogP contribution in [0, 0.1) is 0 Å². The van der Waals surface area contributed by atoms with E-state index in [1.807, 2.05) is 53.7 Å². The maximum Gasteiger partial charge on any atom is 0.410 e. The van der Waals surface area contributed by atoms with Crippen LogP contribution in [0.1, 0.15) is 120 Å². The first kappa shape index (κ1) is 45.6. The lowest BCUT2D eigenvalue weighted by molar-refractivity contribution is 0.0189. The molecule has 2 aromatic heterocycles. The fourth-order valence-corrected chi connectivity index (χ4v) is 9.87. The maximum atomic E-state index is 13.1. The summed E-state index contributed by atoms with van der Waals surface area (Å²) in [6.07, 6.45) is 9.56. The molecule has 0 N–H and O–H groups in total. The van der Waals surface area contributed by atoms with Crippen LogP contribution >= 0.6 is 0 Å². The molecule has 338 valence electrons. The number of hydrogen-bond donors (Lipinski definition) is 0. The first-order chi connectivity index (χ1) is 29.7. The van der Waals surface area contributed by atoms with Crippen LogP contribution in [0.4, 0.5) is 4.79 Å². The second-order valence-corrected chi connectivity index (χ2v) is 19.6. The third-order valence-electron chi connectivity index (χ3n) is 13.6. The molecular formula is C50H74N8O4. The van der Waals surface area contributed by atoms with Crippen LogP contribution in [0.15, 0.2) is 60.9 Å². The van der Waals surface area contributed by atoms with Gasteiger partial charge in [0.05, 0.1) is 0 Å². The first-order valence-electron chi connectivity index (χ1n) is 23.7. The first-order valence-corrected chi connectivity index (χ1v) is 23.7. The van der Waals surface area contributed by atoms with Gasteiger partial charge in [0, 0.05) is 148 Å². The van der Waals surface area contributed by atoms with Gasteiger partial charge >= 0.3 is 6.09 Å². The number of nitrogens with zero attached hydrogens (tertiary/aromatic N) is 8. The Bertz CT molecular complexity index is 2120. The summed E-state index contributed by atoms with van der Waals surface area (Å²) >= 11 is 0. The van der Waals surface area contributed by atoms with Gasteiger partial charge in [0.15, 0.2) is 0 Å². The summed E-state index contributed by atoms with van der Waals surface area (Å²) in [6.45, 7) is 28.8. The van der Waals surface area contributed by atoms with Crippen molar-refractivity contribution in [3.63, 3.8) is 0 Å². The lowest BCUT2D eigenvalue weighted by Crippen LogP contribution is -2.50. The van der Waals surface area contributed by atoms with Crippen molar-refractivity contribution in [1.29, 1.82) is 0 Å². The van der Waals surface area contributed by atoms with Gasteiger partial charge in [-0.25, -0.2) is 4.79 Å². The average molecular weight is 851 g/mol. The number of rotatable bonds is 8. The third-order valence-corrected chi connectivity index (χ3v) is 13.6. The number of carbonyl (C=O) groups is 3. The van der Waals surface area contributed by atoms with Crippen LogP contribution in [-0.4, -0.2) is 159 Å². The maximum absolute atomic E-state index is 13.1. The van der Waals surface area contributed by atoms with E-state index in [9.17, 15) is 14.4 Å². The number of piperazine rings is 2. The number of aromatic nitrogens is 2. The van der Waals surface area contributed by atoms with Gasteiger partial charge in [-0.05, 0) is 136 Å². The molecule has 0 atom stereocenters. The van der Waals surface area contributed by atoms with Gasteiger partial charge in [0.25, 0.3) is 11.8 Å². The largest absolute Gasteiger partial charge is 0.444 e. The summed E-state index contributed by atoms with van der Waals surface area (Å²) in [5.41, 5.74) is 3.53. The Morgan fingerprint density at radius 2 is 1.00 bits per heavy atom. The Kier molecular flexibility index (Phi) is 14.7. The van der Waals surface area contributed by atoms with Crippen molar-refractivity contribution < 1.29 is 19.1 Å². The zero-order valence-corrected chi connectivity index (χ0v) is 39.0. The van der Waals surface area contributed by atoms with Gasteiger partial charge in [0.1, 0.15) is 5.60 Å². The summed E-state index contributed by atoms with van der Waals surface area (Å²) < 4.78 is 10.3. The number of ether oxygens (including phenoxy) is 1. The van der Waals surface area contributed by atoms with Crippen LogP contribution < -0.4 is 0 Å². The smallest absolute Gasteiger partial charge is 0.410 e. The van der Waals surface area contributed by atoms with E-state index in [0.29, 0.717) is 37.3 Å². The molecule has 12 nitrogen and oxygen atoms in total. The van der Waals surface area contributed by atoms with Crippen LogP contribution in [0.5, 0.6) is 0 Å². The third kappa shape index (κ3) is 10.9. The van der Waals surface area contributed by atoms with Crippen LogP contribution in [0.3, 0.4) is 0 Å². The highest BCUT2D eigenvalue weighted by molar-refractivity contribution is 5.99. The number of benzene rings is 2. The molecule has 0 radical (unpaired) electrons. The van der Waals surface area contributed by atoms with E-state index in [2.05, 4.69) is 101 Å². The zero-order chi connectivity index (χ0) is 44.1. The molecule has 0 bridgehead atoms. The van der Waals surface area contributed by atoms with E-state index in [-0.39, 0.29) is 17.9 Å². The van der Waals surface area contributed by atoms with Crippen molar-refractivity contribution in [2.45, 2.75) is 117 Å². The molecule has 4 fully saturated rings. The van der Waals surface area contributed by atoms with Gasteiger partial charge in [-0.1, -0.05) is 6.92 Å². The van der Waals surface area contributed by atoms with E-state index in [1.54, 1.807) is 0 Å². The lowest BCUT2D eigenvalue weighted by atomic mass is 10.0. The van der Waals surface area contributed by atoms with Gasteiger partial charge < -0.3 is 33.5 Å². The predicted octanol–water partition coefficient (Wildman–Crippen LogP) is 8.23. The number of piperidine rings is 2. The molecule has 12 heteroatoms. The Hall–Kier alpha value is -4.39. The summed E-state index contributed by atoms with van der Waals surface area (Å²) in [6, 6.07) is 18.6.